The van der Waals surface area contributed by atoms with Crippen LogP contribution in [0, 0.1) is 0 Å². The summed E-state index contributed by atoms with van der Waals surface area (Å²) in [6.45, 7) is 3.78. The van der Waals surface area contributed by atoms with Gasteiger partial charge in [0.25, 0.3) is 5.56 Å². The first-order valence-corrected chi connectivity index (χ1v) is 11.8. The molecule has 0 spiro atoms. The maximum atomic E-state index is 11.6. The molecule has 0 radical (unpaired) electrons. The van der Waals surface area contributed by atoms with Gasteiger partial charge in [-0.05, 0) is 23.8 Å². The number of methoxy groups -OCH3 is 1. The Morgan fingerprint density at radius 3 is 2.57 bits per heavy atom. The number of fused-ring (bicyclic) bond motifs is 1. The largest absolute Gasteiger partial charge is 0.494 e. The molecule has 0 atom stereocenters. The third-order valence-electron chi connectivity index (χ3n) is 5.51. The second-order valence-electron chi connectivity index (χ2n) is 7.79. The van der Waals surface area contributed by atoms with Crippen molar-refractivity contribution < 1.29 is 19.4 Å². The van der Waals surface area contributed by atoms with Gasteiger partial charge in [-0.3, -0.25) is 4.79 Å². The van der Waals surface area contributed by atoms with Crippen LogP contribution in [0.4, 0.5) is 10.8 Å². The molecule has 0 unspecified atom stereocenters. The molecule has 2 aromatic heterocycles. The van der Waals surface area contributed by atoms with Crippen molar-refractivity contribution in [2.45, 2.75) is 6.54 Å². The number of nitrogens with two attached hydrogens (primary N) is 1. The van der Waals surface area contributed by atoms with Crippen LogP contribution < -0.4 is 20.9 Å². The van der Waals surface area contributed by atoms with Crippen LogP contribution >= 0.6 is 11.3 Å². The predicted molar refractivity (Wildman–Crippen MR) is 137 cm³/mol. The normalized spacial score (nSPS) is 13.2. The van der Waals surface area contributed by atoms with E-state index in [2.05, 4.69) is 16.0 Å². The highest BCUT2D eigenvalue weighted by atomic mass is 32.1. The van der Waals surface area contributed by atoms with E-state index >= 15 is 0 Å². The molecule has 2 aromatic carbocycles. The fourth-order valence-corrected chi connectivity index (χ4v) is 4.65. The quantitative estimate of drug-likeness (QED) is 0.434. The molecule has 0 aliphatic carbocycles. The van der Waals surface area contributed by atoms with Crippen LogP contribution in [0.1, 0.15) is 15.9 Å². The lowest BCUT2D eigenvalue weighted by Crippen LogP contribution is -2.36. The summed E-state index contributed by atoms with van der Waals surface area (Å²) < 4.78 is 13.3. The van der Waals surface area contributed by atoms with Gasteiger partial charge in [-0.15, -0.1) is 0 Å². The summed E-state index contributed by atoms with van der Waals surface area (Å²) in [6, 6.07) is 16.1. The van der Waals surface area contributed by atoms with E-state index in [9.17, 15) is 9.59 Å². The van der Waals surface area contributed by atoms with Gasteiger partial charge in [0.1, 0.15) is 11.3 Å². The van der Waals surface area contributed by atoms with Crippen LogP contribution in [0.3, 0.4) is 0 Å². The predicted octanol–water partition coefficient (Wildman–Crippen LogP) is 3.32. The maximum absolute atomic E-state index is 11.6. The van der Waals surface area contributed by atoms with Crippen molar-refractivity contribution in [2.24, 2.45) is 0 Å². The number of carboxylic acid groups (broad SMARTS) is 1. The number of aromatic nitrogens is 2. The van der Waals surface area contributed by atoms with Crippen LogP contribution in [0.15, 0.2) is 65.6 Å². The second-order valence-corrected chi connectivity index (χ2v) is 8.82. The first-order valence-electron chi connectivity index (χ1n) is 11.0. The highest BCUT2D eigenvalue weighted by molar-refractivity contribution is 7.22. The van der Waals surface area contributed by atoms with Gasteiger partial charge in [0.05, 0.1) is 42.8 Å². The minimum Gasteiger partial charge on any atom is -0.494 e. The topological polar surface area (TPSA) is 120 Å². The zero-order valence-electron chi connectivity index (χ0n) is 19.2. The van der Waals surface area contributed by atoms with Gasteiger partial charge in [0.15, 0.2) is 5.13 Å². The fraction of sp³-hybridized carbons (Fsp3) is 0.240. The Labute approximate surface area is 206 Å². The van der Waals surface area contributed by atoms with Crippen LogP contribution in [0.5, 0.6) is 5.75 Å². The Bertz CT molecular complexity index is 1360. The van der Waals surface area contributed by atoms with E-state index in [-0.39, 0.29) is 11.1 Å². The van der Waals surface area contributed by atoms with Gasteiger partial charge in [-0.2, -0.15) is 0 Å². The molecular weight excluding hydrogens is 468 g/mol. The Balaban J connectivity index is 0.000000165. The summed E-state index contributed by atoms with van der Waals surface area (Å²) in [5.74, 6) is -0.316. The summed E-state index contributed by atoms with van der Waals surface area (Å²) in [5.41, 5.74) is 8.54. The maximum Gasteiger partial charge on any atom is 0.335 e. The molecule has 1 saturated heterocycles. The Kier molecular flexibility index (Phi) is 7.64. The number of pyridine rings is 1. The third kappa shape index (κ3) is 5.79. The van der Waals surface area contributed by atoms with Crippen molar-refractivity contribution in [1.82, 2.24) is 9.55 Å². The smallest absolute Gasteiger partial charge is 0.335 e. The number of morpholine rings is 1. The van der Waals surface area contributed by atoms with E-state index in [0.717, 1.165) is 53.9 Å². The number of carbonyl (C=O) groups is 1. The van der Waals surface area contributed by atoms with Crippen LogP contribution in [-0.2, 0) is 11.3 Å². The van der Waals surface area contributed by atoms with Gasteiger partial charge in [-0.25, -0.2) is 9.78 Å². The molecule has 9 nitrogen and oxygen atoms in total. The number of hydrogen-bond donors (Lipinski definition) is 2. The molecule has 3 N–H and O–H groups in total. The molecule has 10 heteroatoms. The van der Waals surface area contributed by atoms with Crippen molar-refractivity contribution in [3.05, 3.63) is 82.3 Å². The fourth-order valence-electron chi connectivity index (χ4n) is 3.76. The van der Waals surface area contributed by atoms with Crippen molar-refractivity contribution >= 4 is 38.3 Å². The number of carboxylic acids is 1. The molecule has 1 aliphatic rings. The number of thiazole rings is 1. The summed E-state index contributed by atoms with van der Waals surface area (Å²) >= 11 is 1.51. The minimum absolute atomic E-state index is 0.0133. The van der Waals surface area contributed by atoms with E-state index in [0.29, 0.717) is 11.7 Å². The molecule has 0 amide bonds. The summed E-state index contributed by atoms with van der Waals surface area (Å²) in [7, 11) is 1.65. The SMILES string of the molecule is COc1ccc(N2CCOCC2)c2sc(N)nc12.O=C(O)c1ccn(Cc2ccccc2)c(=O)c1. The van der Waals surface area contributed by atoms with Gasteiger partial charge in [0, 0.05) is 25.4 Å². The Morgan fingerprint density at radius 1 is 1.17 bits per heavy atom. The average molecular weight is 495 g/mol. The number of hydrogen-bond acceptors (Lipinski definition) is 8. The van der Waals surface area contributed by atoms with Crippen molar-refractivity contribution in [3.8, 4) is 5.75 Å². The van der Waals surface area contributed by atoms with E-state index in [1.54, 1.807) is 7.11 Å². The Hall–Kier alpha value is -3.89. The van der Waals surface area contributed by atoms with E-state index in [1.807, 2.05) is 36.4 Å². The van der Waals surface area contributed by atoms with Crippen molar-refractivity contribution in [3.63, 3.8) is 0 Å². The molecule has 182 valence electrons. The van der Waals surface area contributed by atoms with Crippen molar-refractivity contribution in [2.75, 3.05) is 44.0 Å². The van der Waals surface area contributed by atoms with Crippen LogP contribution in [0.2, 0.25) is 0 Å². The van der Waals surface area contributed by atoms with Gasteiger partial charge >= 0.3 is 5.97 Å². The monoisotopic (exact) mass is 494 g/mol. The number of ether oxygens (including phenoxy) is 2. The highest BCUT2D eigenvalue weighted by Crippen LogP contribution is 2.38. The van der Waals surface area contributed by atoms with Gasteiger partial charge < -0.3 is 29.8 Å². The number of rotatable bonds is 5. The first-order chi connectivity index (χ1) is 17.0. The number of aromatic carboxylic acids is 1. The third-order valence-corrected chi connectivity index (χ3v) is 6.42. The minimum atomic E-state index is -1.09. The zero-order chi connectivity index (χ0) is 24.8. The number of anilines is 2. The summed E-state index contributed by atoms with van der Waals surface area (Å²) in [6.07, 6.45) is 1.50. The lowest BCUT2D eigenvalue weighted by Gasteiger charge is -2.29. The molecular formula is C25H26N4O5S. The van der Waals surface area contributed by atoms with Gasteiger partial charge in [0.2, 0.25) is 0 Å². The average Bonchev–Trinajstić information content (AvgIpc) is 3.27. The molecule has 0 saturated carbocycles. The molecule has 1 aliphatic heterocycles. The van der Waals surface area contributed by atoms with Crippen molar-refractivity contribution in [1.29, 1.82) is 0 Å². The number of nitrogen functional groups attached to an aromatic ring is 1. The summed E-state index contributed by atoms with van der Waals surface area (Å²) in [4.78, 5) is 29.0. The highest BCUT2D eigenvalue weighted by Gasteiger charge is 2.18. The number of nitrogens with zero attached hydrogens (tertiary/aromatic N) is 3. The molecule has 4 aromatic rings. The molecule has 5 rings (SSSR count). The standard InChI is InChI=1S/C13H11NO3.C12H15N3O2S/c15-12-8-11(13(16)17)6-7-14(12)9-10-4-2-1-3-5-10;1-16-9-3-2-8(15-4-6-17-7-5-15)11-10(9)14-12(13)18-11/h1-8H,9H2,(H,16,17);2-3H,4-7H2,1H3,(H2,13,14). The molecule has 35 heavy (non-hydrogen) atoms. The van der Waals surface area contributed by atoms with E-state index in [1.165, 1.54) is 33.9 Å². The first kappa shape index (κ1) is 24.2. The molecule has 0 bridgehead atoms. The lowest BCUT2D eigenvalue weighted by molar-refractivity contribution is 0.0696. The summed E-state index contributed by atoms with van der Waals surface area (Å²) in [5, 5.41) is 9.31. The lowest BCUT2D eigenvalue weighted by atomic mass is 10.2. The number of benzene rings is 2. The zero-order valence-corrected chi connectivity index (χ0v) is 20.0. The van der Waals surface area contributed by atoms with Gasteiger partial charge in [-0.1, -0.05) is 41.7 Å². The van der Waals surface area contributed by atoms with Crippen LogP contribution in [0.25, 0.3) is 10.2 Å². The molecule has 1 fully saturated rings. The second kappa shape index (κ2) is 11.0. The van der Waals surface area contributed by atoms with E-state index in [4.69, 9.17) is 20.3 Å². The van der Waals surface area contributed by atoms with E-state index < -0.39 is 5.97 Å². The molecule has 3 heterocycles. The Morgan fingerprint density at radius 2 is 1.91 bits per heavy atom. The van der Waals surface area contributed by atoms with Crippen LogP contribution in [-0.4, -0.2) is 54.0 Å².